The Labute approximate surface area is 123 Å². The van der Waals surface area contributed by atoms with Crippen LogP contribution in [0.2, 0.25) is 0 Å². The molecule has 1 fully saturated rings. The molecule has 1 aliphatic heterocycles. The third-order valence-corrected chi connectivity index (χ3v) is 3.78. The van der Waals surface area contributed by atoms with Gasteiger partial charge in [0.2, 0.25) is 5.91 Å². The molecule has 1 rings (SSSR count). The molecule has 118 valence electrons. The second-order valence-corrected chi connectivity index (χ2v) is 6.22. The normalized spacial score (nSPS) is 20.2. The van der Waals surface area contributed by atoms with E-state index in [0.29, 0.717) is 0 Å². The van der Waals surface area contributed by atoms with Crippen molar-refractivity contribution >= 4 is 5.91 Å². The molecule has 1 saturated heterocycles. The molecule has 1 atom stereocenters. The fourth-order valence-corrected chi connectivity index (χ4v) is 2.58. The maximum Gasteiger partial charge on any atom is 0.242 e. The number of nitrogens with zero attached hydrogens (tertiary/aromatic N) is 2. The summed E-state index contributed by atoms with van der Waals surface area (Å²) in [5.41, 5.74) is 5.41. The third-order valence-electron chi connectivity index (χ3n) is 3.78. The number of rotatable bonds is 7. The van der Waals surface area contributed by atoms with Gasteiger partial charge in [0.05, 0.1) is 18.2 Å². The summed E-state index contributed by atoms with van der Waals surface area (Å²) in [6.45, 7) is 13.1. The topological polar surface area (TPSA) is 58.8 Å². The molecule has 1 heterocycles. The molecule has 0 aromatic rings. The quantitative estimate of drug-likeness (QED) is 0.760. The van der Waals surface area contributed by atoms with Crippen LogP contribution in [0, 0.1) is 0 Å². The number of piperazine rings is 1. The Morgan fingerprint density at radius 1 is 1.30 bits per heavy atom. The number of carbonyl (C=O) groups excluding carboxylic acids is 1. The van der Waals surface area contributed by atoms with Gasteiger partial charge in [-0.1, -0.05) is 13.3 Å². The minimum atomic E-state index is -0.711. The zero-order valence-electron chi connectivity index (χ0n) is 13.5. The van der Waals surface area contributed by atoms with Crippen molar-refractivity contribution < 1.29 is 9.53 Å². The monoisotopic (exact) mass is 285 g/mol. The average molecular weight is 285 g/mol. The van der Waals surface area contributed by atoms with Gasteiger partial charge in [0, 0.05) is 32.7 Å². The summed E-state index contributed by atoms with van der Waals surface area (Å²) in [5, 5.41) is 0. The Balaban J connectivity index is 2.33. The van der Waals surface area contributed by atoms with Crippen LogP contribution < -0.4 is 5.73 Å². The molecular formula is C15H31N3O2. The highest BCUT2D eigenvalue weighted by Crippen LogP contribution is 2.14. The molecule has 20 heavy (non-hydrogen) atoms. The molecule has 0 spiro atoms. The minimum absolute atomic E-state index is 0.0948. The smallest absolute Gasteiger partial charge is 0.242 e. The number of hydrogen-bond acceptors (Lipinski definition) is 4. The zero-order chi connectivity index (χ0) is 15.2. The molecule has 5 nitrogen and oxygen atoms in total. The standard InChI is InChI=1S/C15H31N3O2/c1-5-6-15(4,16)14(19)18-9-7-17(8-10-18)11-12-20-13(2)3/h13H,5-12,16H2,1-4H3. The maximum atomic E-state index is 12.4. The molecular weight excluding hydrogens is 254 g/mol. The van der Waals surface area contributed by atoms with Crippen molar-refractivity contribution in [1.29, 1.82) is 0 Å². The lowest BCUT2D eigenvalue weighted by molar-refractivity contribution is -0.138. The predicted molar refractivity (Wildman–Crippen MR) is 81.6 cm³/mol. The number of ether oxygens (including phenoxy) is 1. The second kappa shape index (κ2) is 7.96. The van der Waals surface area contributed by atoms with Gasteiger partial charge in [-0.3, -0.25) is 9.69 Å². The maximum absolute atomic E-state index is 12.4. The molecule has 0 saturated carbocycles. The van der Waals surface area contributed by atoms with Gasteiger partial charge in [-0.15, -0.1) is 0 Å². The number of carbonyl (C=O) groups is 1. The summed E-state index contributed by atoms with van der Waals surface area (Å²) in [6, 6.07) is 0. The summed E-state index contributed by atoms with van der Waals surface area (Å²) in [7, 11) is 0. The molecule has 0 aromatic carbocycles. The van der Waals surface area contributed by atoms with Crippen molar-refractivity contribution in [1.82, 2.24) is 9.80 Å². The third kappa shape index (κ3) is 5.38. The van der Waals surface area contributed by atoms with E-state index in [0.717, 1.165) is 52.2 Å². The fraction of sp³-hybridized carbons (Fsp3) is 0.933. The van der Waals surface area contributed by atoms with Crippen molar-refractivity contribution in [2.45, 2.75) is 52.2 Å². The SMILES string of the molecule is CCCC(C)(N)C(=O)N1CCN(CCOC(C)C)CC1. The molecule has 0 aromatic heterocycles. The van der Waals surface area contributed by atoms with E-state index >= 15 is 0 Å². The van der Waals surface area contributed by atoms with E-state index in [9.17, 15) is 4.79 Å². The van der Waals surface area contributed by atoms with Crippen molar-refractivity contribution in [3.8, 4) is 0 Å². The lowest BCUT2D eigenvalue weighted by Crippen LogP contribution is -2.58. The Morgan fingerprint density at radius 3 is 2.40 bits per heavy atom. The van der Waals surface area contributed by atoms with E-state index in [4.69, 9.17) is 10.5 Å². The van der Waals surface area contributed by atoms with E-state index in [1.807, 2.05) is 25.7 Å². The molecule has 1 amide bonds. The fourth-order valence-electron chi connectivity index (χ4n) is 2.58. The van der Waals surface area contributed by atoms with Gasteiger partial charge >= 0.3 is 0 Å². The van der Waals surface area contributed by atoms with E-state index < -0.39 is 5.54 Å². The van der Waals surface area contributed by atoms with E-state index in [1.165, 1.54) is 0 Å². The van der Waals surface area contributed by atoms with Gasteiger partial charge < -0.3 is 15.4 Å². The van der Waals surface area contributed by atoms with Gasteiger partial charge in [-0.05, 0) is 27.2 Å². The van der Waals surface area contributed by atoms with Crippen LogP contribution in [0.4, 0.5) is 0 Å². The van der Waals surface area contributed by atoms with E-state index in [-0.39, 0.29) is 12.0 Å². The Hall–Kier alpha value is -0.650. The molecule has 0 radical (unpaired) electrons. The van der Waals surface area contributed by atoms with Crippen LogP contribution >= 0.6 is 0 Å². The van der Waals surface area contributed by atoms with Crippen molar-refractivity contribution in [2.24, 2.45) is 5.73 Å². The van der Waals surface area contributed by atoms with Crippen molar-refractivity contribution in [3.05, 3.63) is 0 Å². The summed E-state index contributed by atoms with van der Waals surface area (Å²) >= 11 is 0. The molecule has 5 heteroatoms. The first kappa shape index (κ1) is 17.4. The van der Waals surface area contributed by atoms with Gasteiger partial charge in [0.1, 0.15) is 0 Å². The summed E-state index contributed by atoms with van der Waals surface area (Å²) in [4.78, 5) is 16.6. The van der Waals surface area contributed by atoms with E-state index in [1.54, 1.807) is 0 Å². The molecule has 1 aliphatic rings. The van der Waals surface area contributed by atoms with Gasteiger partial charge in [0.25, 0.3) is 0 Å². The minimum Gasteiger partial charge on any atom is -0.377 e. The Kier molecular flexibility index (Phi) is 6.92. The van der Waals surface area contributed by atoms with Gasteiger partial charge in [0.15, 0.2) is 0 Å². The van der Waals surface area contributed by atoms with Crippen LogP contribution in [0.25, 0.3) is 0 Å². The lowest BCUT2D eigenvalue weighted by atomic mass is 9.95. The van der Waals surface area contributed by atoms with Gasteiger partial charge in [-0.25, -0.2) is 0 Å². The summed E-state index contributed by atoms with van der Waals surface area (Å²) < 4.78 is 5.56. The number of nitrogens with two attached hydrogens (primary N) is 1. The first-order valence-corrected chi connectivity index (χ1v) is 7.79. The van der Waals surface area contributed by atoms with Crippen LogP contribution in [0.5, 0.6) is 0 Å². The first-order valence-electron chi connectivity index (χ1n) is 7.79. The van der Waals surface area contributed by atoms with Crippen LogP contribution in [0.15, 0.2) is 0 Å². The van der Waals surface area contributed by atoms with Crippen LogP contribution in [0.1, 0.15) is 40.5 Å². The molecule has 1 unspecified atom stereocenters. The molecule has 0 bridgehead atoms. The average Bonchev–Trinajstić information content (AvgIpc) is 2.38. The highest BCUT2D eigenvalue weighted by molar-refractivity contribution is 5.85. The summed E-state index contributed by atoms with van der Waals surface area (Å²) in [5.74, 6) is 0.0948. The highest BCUT2D eigenvalue weighted by atomic mass is 16.5. The first-order chi connectivity index (χ1) is 9.36. The van der Waals surface area contributed by atoms with Crippen molar-refractivity contribution in [2.75, 3.05) is 39.3 Å². The highest BCUT2D eigenvalue weighted by Gasteiger charge is 2.33. The van der Waals surface area contributed by atoms with Crippen molar-refractivity contribution in [3.63, 3.8) is 0 Å². The van der Waals surface area contributed by atoms with Gasteiger partial charge in [-0.2, -0.15) is 0 Å². The van der Waals surface area contributed by atoms with E-state index in [2.05, 4.69) is 11.8 Å². The Morgan fingerprint density at radius 2 is 1.90 bits per heavy atom. The predicted octanol–water partition coefficient (Wildman–Crippen LogP) is 1.07. The second-order valence-electron chi connectivity index (χ2n) is 6.22. The van der Waals surface area contributed by atoms with Crippen LogP contribution in [-0.2, 0) is 9.53 Å². The Bertz CT molecular complexity index is 297. The number of amides is 1. The van der Waals surface area contributed by atoms with Crippen LogP contribution in [0.3, 0.4) is 0 Å². The molecule has 2 N–H and O–H groups in total. The zero-order valence-corrected chi connectivity index (χ0v) is 13.5. The molecule has 0 aliphatic carbocycles. The largest absolute Gasteiger partial charge is 0.377 e. The summed E-state index contributed by atoms with van der Waals surface area (Å²) in [6.07, 6.45) is 1.96. The number of hydrogen-bond donors (Lipinski definition) is 1. The van der Waals surface area contributed by atoms with Crippen LogP contribution in [-0.4, -0.2) is 66.7 Å². The lowest BCUT2D eigenvalue weighted by Gasteiger charge is -2.38.